The van der Waals surface area contributed by atoms with E-state index < -0.39 is 41.9 Å². The summed E-state index contributed by atoms with van der Waals surface area (Å²) < 4.78 is 41.7. The Balaban J connectivity index is 0.873. The number of aromatic nitrogens is 4. The average molecular weight is 898 g/mol. The molecule has 0 aliphatic carbocycles. The first-order chi connectivity index (χ1) is 32.1. The van der Waals surface area contributed by atoms with Crippen LogP contribution in [-0.2, 0) is 32.0 Å². The van der Waals surface area contributed by atoms with Crippen LogP contribution in [0.3, 0.4) is 0 Å². The summed E-state index contributed by atoms with van der Waals surface area (Å²) >= 11 is 0. The number of imidazole rings is 2. The van der Waals surface area contributed by atoms with Crippen molar-refractivity contribution in [3.05, 3.63) is 149 Å². The van der Waals surface area contributed by atoms with E-state index >= 15 is 8.78 Å². The van der Waals surface area contributed by atoms with E-state index in [1.54, 1.807) is 51.1 Å². The highest BCUT2D eigenvalue weighted by molar-refractivity contribution is 5.88. The van der Waals surface area contributed by atoms with E-state index in [1.807, 2.05) is 42.6 Å². The third-order valence-electron chi connectivity index (χ3n) is 12.7. The minimum atomic E-state index is -0.981. The summed E-state index contributed by atoms with van der Waals surface area (Å²) in [7, 11) is 2.49. The van der Waals surface area contributed by atoms with E-state index in [4.69, 9.17) is 14.5 Å². The molecule has 0 spiro atoms. The predicted molar refractivity (Wildman–Crippen MR) is 240 cm³/mol. The fraction of sp³-hybridized carbons (Fsp3) is 0.306. The number of nitrogens with zero attached hydrogens (tertiary/aromatic N) is 5. The number of nitrogens with one attached hydrogen (secondary N) is 4. The molecule has 2 fully saturated rings. The molecule has 15 nitrogen and oxygen atoms in total. The second kappa shape index (κ2) is 18.9. The first-order valence-corrected chi connectivity index (χ1v) is 22.0. The van der Waals surface area contributed by atoms with Crippen LogP contribution in [0.1, 0.15) is 83.8 Å². The lowest BCUT2D eigenvalue weighted by Crippen LogP contribution is -2.42. The monoisotopic (exact) mass is 897 g/mol. The van der Waals surface area contributed by atoms with E-state index in [1.165, 1.54) is 32.5 Å². The summed E-state index contributed by atoms with van der Waals surface area (Å²) in [6.45, 7) is 1.62. The first kappa shape index (κ1) is 43.7. The van der Waals surface area contributed by atoms with Crippen LogP contribution in [-0.4, -0.2) is 87.6 Å². The molecule has 4 amide bonds. The number of amides is 4. The normalized spacial score (nSPS) is 17.8. The summed E-state index contributed by atoms with van der Waals surface area (Å²) in [6.07, 6.45) is 5.22. The molecule has 66 heavy (non-hydrogen) atoms. The van der Waals surface area contributed by atoms with Crippen LogP contribution >= 0.6 is 0 Å². The molecule has 340 valence electrons. The van der Waals surface area contributed by atoms with Gasteiger partial charge in [0.2, 0.25) is 0 Å². The second-order valence-corrected chi connectivity index (χ2v) is 16.6. The Hall–Kier alpha value is -7.56. The molecular formula is C49H49F2N9O6. The molecule has 17 heteroatoms. The van der Waals surface area contributed by atoms with Gasteiger partial charge in [0.25, 0.3) is 11.8 Å². The summed E-state index contributed by atoms with van der Waals surface area (Å²) in [5, 5.41) is 5.34. The average Bonchev–Trinajstić information content (AvgIpc) is 4.20. The number of hydrogen-bond acceptors (Lipinski definition) is 9. The lowest BCUT2D eigenvalue weighted by Gasteiger charge is -2.31. The number of carbonyl (C=O) groups is 4. The van der Waals surface area contributed by atoms with Gasteiger partial charge in [-0.1, -0.05) is 72.8 Å². The molecule has 0 saturated carbocycles. The highest BCUT2D eigenvalue weighted by Gasteiger charge is 2.39. The van der Waals surface area contributed by atoms with Crippen molar-refractivity contribution in [2.24, 2.45) is 0 Å². The van der Waals surface area contributed by atoms with Crippen LogP contribution in [0.2, 0.25) is 0 Å². The predicted octanol–water partition coefficient (Wildman–Crippen LogP) is 7.83. The van der Waals surface area contributed by atoms with Crippen molar-refractivity contribution >= 4 is 29.7 Å². The number of alkyl carbamates (subject to hydrolysis) is 2. The Morgan fingerprint density at radius 3 is 1.86 bits per heavy atom. The molecule has 3 aliphatic heterocycles. The van der Waals surface area contributed by atoms with Crippen molar-refractivity contribution in [2.75, 3.05) is 38.8 Å². The number of halogens is 2. The molecule has 4 atom stereocenters. The lowest BCUT2D eigenvalue weighted by atomic mass is 9.96. The Labute approximate surface area is 379 Å². The fourth-order valence-corrected chi connectivity index (χ4v) is 9.42. The smallest absolute Gasteiger partial charge is 0.407 e. The van der Waals surface area contributed by atoms with Gasteiger partial charge >= 0.3 is 12.2 Å². The number of hydrogen-bond donors (Lipinski definition) is 4. The number of anilines is 1. The van der Waals surface area contributed by atoms with Crippen molar-refractivity contribution in [3.8, 4) is 22.5 Å². The molecule has 3 aliphatic rings. The summed E-state index contributed by atoms with van der Waals surface area (Å²) in [4.78, 5) is 73.5. The molecule has 0 unspecified atom stereocenters. The Kier molecular flexibility index (Phi) is 12.5. The number of methoxy groups -OCH3 is 2. The molecular weight excluding hydrogens is 849 g/mol. The van der Waals surface area contributed by atoms with Gasteiger partial charge in [0, 0.05) is 43.5 Å². The van der Waals surface area contributed by atoms with Gasteiger partial charge in [-0.3, -0.25) is 9.59 Å². The van der Waals surface area contributed by atoms with Gasteiger partial charge in [-0.25, -0.2) is 28.3 Å². The molecule has 0 radical (unpaired) electrons. The second-order valence-electron chi connectivity index (χ2n) is 16.6. The summed E-state index contributed by atoms with van der Waals surface area (Å²) in [5.74, 6) is -0.884. The van der Waals surface area contributed by atoms with Gasteiger partial charge < -0.3 is 44.8 Å². The Morgan fingerprint density at radius 2 is 1.29 bits per heavy atom. The minimum absolute atomic E-state index is 0.116. The number of ether oxygens (including phenoxy) is 2. The minimum Gasteiger partial charge on any atom is -0.453 e. The van der Waals surface area contributed by atoms with Crippen molar-refractivity contribution in [1.82, 2.24) is 40.4 Å². The van der Waals surface area contributed by atoms with Gasteiger partial charge in [-0.15, -0.1) is 0 Å². The van der Waals surface area contributed by atoms with Gasteiger partial charge in [0.15, 0.2) is 0 Å². The summed E-state index contributed by atoms with van der Waals surface area (Å²) in [5.41, 5.74) is 5.36. The molecule has 4 N–H and O–H groups in total. The maximum atomic E-state index is 16.0. The van der Waals surface area contributed by atoms with Crippen LogP contribution in [0, 0.1) is 11.6 Å². The molecule has 2 saturated heterocycles. The topological polar surface area (TPSA) is 178 Å². The zero-order valence-corrected chi connectivity index (χ0v) is 36.4. The van der Waals surface area contributed by atoms with Crippen molar-refractivity contribution in [3.63, 3.8) is 0 Å². The van der Waals surface area contributed by atoms with Crippen molar-refractivity contribution in [1.29, 1.82) is 0 Å². The van der Waals surface area contributed by atoms with Crippen LogP contribution in [0.15, 0.2) is 103 Å². The molecule has 4 aromatic carbocycles. The van der Waals surface area contributed by atoms with Crippen LogP contribution in [0.25, 0.3) is 22.5 Å². The van der Waals surface area contributed by atoms with E-state index in [0.29, 0.717) is 86.0 Å². The van der Waals surface area contributed by atoms with E-state index in [2.05, 4.69) is 31.7 Å². The molecule has 9 rings (SSSR count). The molecule has 2 aromatic heterocycles. The third-order valence-corrected chi connectivity index (χ3v) is 12.7. The number of rotatable bonds is 11. The number of carbonyl (C=O) groups excluding carboxylic acids is 4. The SMILES string of the molecule is COC(=O)N[C@@H](C(=O)N1CCC[C@H]1c1nc(-c2ccc3c(c2)CCN(c2c(F)cc(-c4cnc([C@@H]5CCCN5C(=O)[C@H](NC(=O)OC)c5ccccc5)[nH]4)cc2F)C3)c[nH]1)c1ccccc1. The standard InChI is InChI=1S/C49H49F2N9O6/c1-65-48(63)56-41(29-11-5-3-6-12-29)46(61)59-20-9-15-39(59)44-52-26-37(54-44)32-17-18-33-28-58(22-19-31(33)23-32)43-35(50)24-34(25-36(43)51)38-27-53-45(55-38)40-16-10-21-60(40)47(62)42(57-49(64)66-2)30-13-7-4-8-14-30/h3-8,11-14,17-18,23-27,39-42H,9-10,15-16,19-22,28H2,1-2H3,(H,52,54)(H,53,55)(H,56,63)(H,57,64)/t39-,40-,41+,42+/m0/s1. The number of fused-ring (bicyclic) bond motifs is 1. The highest BCUT2D eigenvalue weighted by atomic mass is 19.1. The van der Waals surface area contributed by atoms with Gasteiger partial charge in [-0.2, -0.15) is 0 Å². The van der Waals surface area contributed by atoms with Crippen LogP contribution < -0.4 is 15.5 Å². The maximum Gasteiger partial charge on any atom is 0.407 e. The lowest BCUT2D eigenvalue weighted by molar-refractivity contribution is -0.135. The number of H-pyrrole nitrogens is 2. The largest absolute Gasteiger partial charge is 0.453 e. The molecule has 6 aromatic rings. The Bertz CT molecular complexity index is 2720. The Morgan fingerprint density at radius 1 is 0.712 bits per heavy atom. The maximum absolute atomic E-state index is 16.0. The zero-order valence-electron chi connectivity index (χ0n) is 36.4. The van der Waals surface area contributed by atoms with E-state index in [0.717, 1.165) is 23.1 Å². The van der Waals surface area contributed by atoms with E-state index in [-0.39, 0.29) is 29.1 Å². The fourth-order valence-electron chi connectivity index (χ4n) is 9.42. The molecule has 0 bridgehead atoms. The molecule has 5 heterocycles. The summed E-state index contributed by atoms with van der Waals surface area (Å²) in [6, 6.07) is 23.8. The quantitative estimate of drug-likeness (QED) is 0.101. The van der Waals surface area contributed by atoms with Gasteiger partial charge in [0.05, 0.1) is 43.9 Å². The van der Waals surface area contributed by atoms with Gasteiger partial charge in [-0.05, 0) is 72.6 Å². The van der Waals surface area contributed by atoms with Crippen molar-refractivity contribution in [2.45, 2.75) is 62.8 Å². The number of aromatic amines is 2. The number of benzene rings is 4. The van der Waals surface area contributed by atoms with Crippen molar-refractivity contribution < 1.29 is 37.4 Å². The third kappa shape index (κ3) is 8.80. The van der Waals surface area contributed by atoms with Gasteiger partial charge in [0.1, 0.15) is 41.1 Å². The van der Waals surface area contributed by atoms with Crippen LogP contribution in [0.5, 0.6) is 0 Å². The van der Waals surface area contributed by atoms with E-state index in [9.17, 15) is 19.2 Å². The number of likely N-dealkylation sites (tertiary alicyclic amines) is 2. The zero-order chi connectivity index (χ0) is 45.9. The first-order valence-electron chi connectivity index (χ1n) is 22.0. The highest BCUT2D eigenvalue weighted by Crippen LogP contribution is 2.38. The van der Waals surface area contributed by atoms with Crippen LogP contribution in [0.4, 0.5) is 24.1 Å².